The van der Waals surface area contributed by atoms with Gasteiger partial charge in [-0.2, -0.15) is 5.10 Å². The van der Waals surface area contributed by atoms with Crippen molar-refractivity contribution in [2.75, 3.05) is 41.8 Å². The minimum absolute atomic E-state index is 0.144. The Morgan fingerprint density at radius 2 is 1.54 bits per heavy atom. The second kappa shape index (κ2) is 8.93. The summed E-state index contributed by atoms with van der Waals surface area (Å²) >= 11 is 0. The largest absolute Gasteiger partial charge is 0.378 e. The third-order valence-corrected chi connectivity index (χ3v) is 6.50. The topological polar surface area (TPSA) is 88.5 Å². The first-order valence-corrected chi connectivity index (χ1v) is 11.6. The van der Waals surface area contributed by atoms with E-state index in [-0.39, 0.29) is 26.3 Å². The lowest BCUT2D eigenvalue weighted by Crippen LogP contribution is -2.39. The average molecular weight is 507 g/mol. The molecule has 6 rings (SSSR count). The molecule has 2 aliphatic heterocycles. The van der Waals surface area contributed by atoms with Crippen LogP contribution in [0.1, 0.15) is 11.7 Å². The minimum atomic E-state index is -1.51. The van der Waals surface area contributed by atoms with Crippen molar-refractivity contribution in [1.82, 2.24) is 9.78 Å². The molecule has 0 bridgehead atoms. The molecule has 2 aliphatic rings. The van der Waals surface area contributed by atoms with Gasteiger partial charge in [-0.3, -0.25) is 9.59 Å². The van der Waals surface area contributed by atoms with Crippen molar-refractivity contribution in [3.8, 4) is 5.69 Å². The zero-order chi connectivity index (χ0) is 25.7. The standard InChI is InChI=1S/C26H20F3N5O3/c27-18-17-23(20(29)24(19(18)28)33-10-12-37-13-11-33)34(14-6-2-1-3-7-14)32-21(25(17)35)22-26(36)31-16-9-5-4-8-15(16)30-22/h1-9,22,30H,10-13H2,(H,31,36). The van der Waals surface area contributed by atoms with Crippen LogP contribution in [0.3, 0.4) is 0 Å². The van der Waals surface area contributed by atoms with Gasteiger partial charge < -0.3 is 20.3 Å². The van der Waals surface area contributed by atoms with E-state index >= 15 is 13.2 Å². The molecule has 3 heterocycles. The predicted molar refractivity (Wildman–Crippen MR) is 132 cm³/mol. The van der Waals surface area contributed by atoms with Gasteiger partial charge in [-0.15, -0.1) is 0 Å². The van der Waals surface area contributed by atoms with E-state index in [4.69, 9.17) is 4.74 Å². The summed E-state index contributed by atoms with van der Waals surface area (Å²) in [4.78, 5) is 27.9. The summed E-state index contributed by atoms with van der Waals surface area (Å²) < 4.78 is 53.4. The zero-order valence-corrected chi connectivity index (χ0v) is 19.3. The number of benzene rings is 3. The number of hydrogen-bond donors (Lipinski definition) is 2. The van der Waals surface area contributed by atoms with Crippen molar-refractivity contribution in [2.45, 2.75) is 6.04 Å². The Labute approximate surface area is 208 Å². The van der Waals surface area contributed by atoms with E-state index in [1.54, 1.807) is 54.6 Å². The molecule has 1 amide bonds. The Morgan fingerprint density at radius 1 is 0.865 bits per heavy atom. The third-order valence-electron chi connectivity index (χ3n) is 6.50. The van der Waals surface area contributed by atoms with Gasteiger partial charge in [-0.25, -0.2) is 17.9 Å². The number of nitrogens with zero attached hydrogens (tertiary/aromatic N) is 3. The molecule has 1 atom stereocenters. The van der Waals surface area contributed by atoms with Crippen molar-refractivity contribution in [3.63, 3.8) is 0 Å². The van der Waals surface area contributed by atoms with Crippen LogP contribution in [0.15, 0.2) is 59.4 Å². The van der Waals surface area contributed by atoms with Gasteiger partial charge >= 0.3 is 0 Å². The number of rotatable bonds is 3. The van der Waals surface area contributed by atoms with Crippen molar-refractivity contribution in [3.05, 3.63) is 88.0 Å². The summed E-state index contributed by atoms with van der Waals surface area (Å²) in [7, 11) is 0. The maximum atomic E-state index is 16.1. The van der Waals surface area contributed by atoms with E-state index < -0.39 is 57.1 Å². The van der Waals surface area contributed by atoms with Crippen LogP contribution in [0, 0.1) is 17.5 Å². The maximum absolute atomic E-state index is 16.1. The van der Waals surface area contributed by atoms with Crippen LogP contribution in [0.2, 0.25) is 0 Å². The fraction of sp³-hybridized carbons (Fsp3) is 0.192. The van der Waals surface area contributed by atoms with Gasteiger partial charge in [0.15, 0.2) is 23.5 Å². The molecule has 1 unspecified atom stereocenters. The summed E-state index contributed by atoms with van der Waals surface area (Å²) in [5, 5.41) is 9.14. The zero-order valence-electron chi connectivity index (χ0n) is 19.3. The van der Waals surface area contributed by atoms with Crippen LogP contribution >= 0.6 is 0 Å². The van der Waals surface area contributed by atoms with E-state index in [2.05, 4.69) is 15.7 Å². The Kier molecular flexibility index (Phi) is 5.56. The fourth-order valence-electron chi connectivity index (χ4n) is 4.72. The van der Waals surface area contributed by atoms with Crippen molar-refractivity contribution in [1.29, 1.82) is 0 Å². The number of para-hydroxylation sites is 3. The number of carbonyl (C=O) groups excluding carboxylic acids is 1. The number of fused-ring (bicyclic) bond motifs is 2. The monoisotopic (exact) mass is 507 g/mol. The Balaban J connectivity index is 1.64. The van der Waals surface area contributed by atoms with Gasteiger partial charge in [0.25, 0.3) is 5.91 Å². The highest BCUT2D eigenvalue weighted by Gasteiger charge is 2.35. The van der Waals surface area contributed by atoms with Gasteiger partial charge in [0.05, 0.1) is 35.7 Å². The number of ether oxygens (including phenoxy) is 1. The highest BCUT2D eigenvalue weighted by atomic mass is 19.2. The molecule has 1 saturated heterocycles. The molecule has 1 fully saturated rings. The number of morpholine rings is 1. The first-order valence-electron chi connectivity index (χ1n) is 11.6. The average Bonchev–Trinajstić information content (AvgIpc) is 2.92. The lowest BCUT2D eigenvalue weighted by molar-refractivity contribution is -0.117. The molecule has 1 aromatic heterocycles. The molecule has 188 valence electrons. The molecular formula is C26H20F3N5O3. The third kappa shape index (κ3) is 3.70. The molecule has 0 radical (unpaired) electrons. The van der Waals surface area contributed by atoms with Crippen LogP contribution in [0.5, 0.6) is 0 Å². The molecule has 4 aromatic rings. The molecule has 8 nitrogen and oxygen atoms in total. The smallest absolute Gasteiger partial charge is 0.253 e. The maximum Gasteiger partial charge on any atom is 0.253 e. The summed E-state index contributed by atoms with van der Waals surface area (Å²) in [6.45, 7) is 0.715. The van der Waals surface area contributed by atoms with Crippen molar-refractivity contribution < 1.29 is 22.7 Å². The second-order valence-electron chi connectivity index (χ2n) is 8.69. The fourth-order valence-corrected chi connectivity index (χ4v) is 4.72. The highest BCUT2D eigenvalue weighted by Crippen LogP contribution is 2.35. The summed E-state index contributed by atoms with van der Waals surface area (Å²) in [5.41, 5.74) is -1.29. The normalized spacial score (nSPS) is 17.3. The number of amides is 1. The van der Waals surface area contributed by atoms with Gasteiger partial charge in [0.1, 0.15) is 16.9 Å². The van der Waals surface area contributed by atoms with Crippen LogP contribution < -0.4 is 21.0 Å². The van der Waals surface area contributed by atoms with Crippen LogP contribution in [-0.4, -0.2) is 42.0 Å². The van der Waals surface area contributed by atoms with Gasteiger partial charge in [-0.05, 0) is 24.3 Å². The van der Waals surface area contributed by atoms with Crippen LogP contribution in [-0.2, 0) is 9.53 Å². The molecule has 0 saturated carbocycles. The molecule has 3 aromatic carbocycles. The molecule has 0 spiro atoms. The second-order valence-corrected chi connectivity index (χ2v) is 8.69. The number of carbonyl (C=O) groups is 1. The Bertz CT molecular complexity index is 1600. The van der Waals surface area contributed by atoms with Crippen molar-refractivity contribution >= 4 is 33.9 Å². The van der Waals surface area contributed by atoms with E-state index in [1.807, 2.05) is 0 Å². The molecular weight excluding hydrogens is 487 g/mol. The lowest BCUT2D eigenvalue weighted by Gasteiger charge is -2.30. The van der Waals surface area contributed by atoms with E-state index in [0.29, 0.717) is 17.1 Å². The van der Waals surface area contributed by atoms with E-state index in [0.717, 1.165) is 4.68 Å². The predicted octanol–water partition coefficient (Wildman–Crippen LogP) is 3.74. The van der Waals surface area contributed by atoms with Crippen LogP contribution in [0.4, 0.5) is 30.2 Å². The summed E-state index contributed by atoms with van der Waals surface area (Å²) in [5.74, 6) is -4.73. The van der Waals surface area contributed by atoms with Gasteiger partial charge in [0, 0.05) is 13.1 Å². The van der Waals surface area contributed by atoms with Gasteiger partial charge in [0.2, 0.25) is 5.43 Å². The molecule has 2 N–H and O–H groups in total. The number of halogens is 3. The van der Waals surface area contributed by atoms with Crippen LogP contribution in [0.25, 0.3) is 16.6 Å². The molecule has 37 heavy (non-hydrogen) atoms. The Hall–Kier alpha value is -4.38. The number of hydrogen-bond acceptors (Lipinski definition) is 6. The first kappa shape index (κ1) is 23.0. The minimum Gasteiger partial charge on any atom is -0.378 e. The quantitative estimate of drug-likeness (QED) is 0.411. The molecule has 0 aliphatic carbocycles. The highest BCUT2D eigenvalue weighted by molar-refractivity contribution is 6.03. The summed E-state index contributed by atoms with van der Waals surface area (Å²) in [6, 6.07) is 13.7. The summed E-state index contributed by atoms with van der Waals surface area (Å²) in [6.07, 6.45) is 0. The lowest BCUT2D eigenvalue weighted by atomic mass is 10.0. The van der Waals surface area contributed by atoms with Crippen molar-refractivity contribution in [2.24, 2.45) is 0 Å². The Morgan fingerprint density at radius 3 is 2.27 bits per heavy atom. The van der Waals surface area contributed by atoms with E-state index in [1.165, 1.54) is 4.90 Å². The van der Waals surface area contributed by atoms with Gasteiger partial charge in [-0.1, -0.05) is 30.3 Å². The first-order chi connectivity index (χ1) is 18.0. The number of nitrogens with one attached hydrogen (secondary N) is 2. The SMILES string of the molecule is O=C1Nc2ccccc2NC1c1nn(-c2ccccc2)c2c(F)c(N3CCOCC3)c(F)c(F)c2c1=O. The molecule has 11 heteroatoms. The van der Waals surface area contributed by atoms with E-state index in [9.17, 15) is 9.59 Å². The number of anilines is 3. The number of aromatic nitrogens is 2.